The number of hydrogen-bond acceptors (Lipinski definition) is 5. The molecule has 0 bridgehead atoms. The van der Waals surface area contributed by atoms with E-state index < -0.39 is 0 Å². The van der Waals surface area contributed by atoms with Crippen LogP contribution in [0.5, 0.6) is 0 Å². The molecule has 0 spiro atoms. The molecule has 0 radical (unpaired) electrons. The quantitative estimate of drug-likeness (QED) is 0.808. The molecule has 2 aromatic rings. The Bertz CT molecular complexity index is 793. The van der Waals surface area contributed by atoms with Gasteiger partial charge in [-0.25, -0.2) is 0 Å². The highest BCUT2D eigenvalue weighted by molar-refractivity contribution is 5.78. The fourth-order valence-corrected chi connectivity index (χ4v) is 4.07. The highest BCUT2D eigenvalue weighted by Crippen LogP contribution is 2.44. The van der Waals surface area contributed by atoms with E-state index in [-0.39, 0.29) is 17.9 Å². The normalized spacial score (nSPS) is 22.7. The Kier molecular flexibility index (Phi) is 5.29. The lowest BCUT2D eigenvalue weighted by molar-refractivity contribution is -0.127. The van der Waals surface area contributed by atoms with Gasteiger partial charge in [-0.05, 0) is 39.0 Å². The number of aromatic nitrogens is 3. The average molecular weight is 372 g/mol. The molecule has 0 aliphatic heterocycles. The smallest absolute Gasteiger partial charge is 0.223 e. The Balaban J connectivity index is 1.37. The second-order valence-corrected chi connectivity index (χ2v) is 7.79. The van der Waals surface area contributed by atoms with Gasteiger partial charge >= 0.3 is 0 Å². The molecule has 2 atom stereocenters. The van der Waals surface area contributed by atoms with E-state index in [1.54, 1.807) is 7.11 Å². The van der Waals surface area contributed by atoms with E-state index in [0.29, 0.717) is 19.0 Å². The highest BCUT2D eigenvalue weighted by atomic mass is 16.5. The molecule has 2 saturated carbocycles. The summed E-state index contributed by atoms with van der Waals surface area (Å²) in [6.45, 7) is 3.18. The standard InChI is InChI=1S/C20H28N4O3/c1-13-10-18(27-23-13)17-12-22-24(19(17)14-6-7-14)9-8-21-20(25)15-4-3-5-16(11-15)26-2/h10,12,14-16H,3-9,11H2,1-2H3,(H,21,25)/t15-,16+/m0/s1. The molecular formula is C20H28N4O3. The summed E-state index contributed by atoms with van der Waals surface area (Å²) >= 11 is 0. The lowest BCUT2D eigenvalue weighted by atomic mass is 9.86. The molecule has 146 valence electrons. The van der Waals surface area contributed by atoms with Gasteiger partial charge in [-0.1, -0.05) is 11.6 Å². The lowest BCUT2D eigenvalue weighted by Gasteiger charge is -2.27. The molecule has 2 aliphatic rings. The maximum atomic E-state index is 12.5. The van der Waals surface area contributed by atoms with Crippen molar-refractivity contribution in [1.82, 2.24) is 20.3 Å². The van der Waals surface area contributed by atoms with E-state index in [1.165, 1.54) is 18.5 Å². The zero-order chi connectivity index (χ0) is 18.8. The van der Waals surface area contributed by atoms with Crippen LogP contribution in [0.15, 0.2) is 16.8 Å². The van der Waals surface area contributed by atoms with Crippen LogP contribution in [0.2, 0.25) is 0 Å². The van der Waals surface area contributed by atoms with Crippen molar-refractivity contribution in [1.29, 1.82) is 0 Å². The number of rotatable bonds is 7. The van der Waals surface area contributed by atoms with E-state index in [0.717, 1.165) is 42.7 Å². The van der Waals surface area contributed by atoms with Gasteiger partial charge in [-0.15, -0.1) is 0 Å². The Morgan fingerprint density at radius 2 is 2.22 bits per heavy atom. The zero-order valence-corrected chi connectivity index (χ0v) is 16.1. The fourth-order valence-electron chi connectivity index (χ4n) is 4.07. The lowest BCUT2D eigenvalue weighted by Crippen LogP contribution is -2.37. The van der Waals surface area contributed by atoms with Gasteiger partial charge in [0.1, 0.15) is 0 Å². The summed E-state index contributed by atoms with van der Waals surface area (Å²) in [5.41, 5.74) is 3.10. The molecule has 7 heteroatoms. The predicted octanol–water partition coefficient (Wildman–Crippen LogP) is 3.05. The number of carbonyl (C=O) groups excluding carboxylic acids is 1. The number of nitrogens with zero attached hydrogens (tertiary/aromatic N) is 3. The Hall–Kier alpha value is -2.15. The summed E-state index contributed by atoms with van der Waals surface area (Å²) < 4.78 is 12.9. The van der Waals surface area contributed by atoms with Crippen molar-refractivity contribution in [2.24, 2.45) is 5.92 Å². The summed E-state index contributed by atoms with van der Waals surface area (Å²) in [6.07, 6.45) is 8.33. The van der Waals surface area contributed by atoms with Crippen molar-refractivity contribution in [2.45, 2.75) is 64.0 Å². The monoisotopic (exact) mass is 372 g/mol. The number of aryl methyl sites for hydroxylation is 1. The first-order valence-corrected chi connectivity index (χ1v) is 9.95. The number of nitrogens with one attached hydrogen (secondary N) is 1. The third-order valence-electron chi connectivity index (χ3n) is 5.69. The van der Waals surface area contributed by atoms with E-state index in [1.807, 2.05) is 23.9 Å². The SMILES string of the molecule is CO[C@@H]1CCC[C@H](C(=O)NCCn2ncc(-c3cc(C)no3)c2C2CC2)C1. The van der Waals surface area contributed by atoms with Crippen LogP contribution in [0.3, 0.4) is 0 Å². The second kappa shape index (κ2) is 7.84. The van der Waals surface area contributed by atoms with E-state index in [4.69, 9.17) is 9.26 Å². The van der Waals surface area contributed by atoms with E-state index >= 15 is 0 Å². The van der Waals surface area contributed by atoms with E-state index in [2.05, 4.69) is 15.6 Å². The molecule has 0 aromatic carbocycles. The number of carbonyl (C=O) groups is 1. The van der Waals surface area contributed by atoms with E-state index in [9.17, 15) is 4.79 Å². The minimum absolute atomic E-state index is 0.0666. The Morgan fingerprint density at radius 1 is 1.37 bits per heavy atom. The average Bonchev–Trinajstić information content (AvgIpc) is 3.30. The third kappa shape index (κ3) is 4.08. The van der Waals surface area contributed by atoms with Crippen LogP contribution in [0.25, 0.3) is 11.3 Å². The summed E-state index contributed by atoms with van der Waals surface area (Å²) in [6, 6.07) is 1.95. The molecule has 2 fully saturated rings. The van der Waals surface area contributed by atoms with Crippen LogP contribution in [0, 0.1) is 12.8 Å². The van der Waals surface area contributed by atoms with Gasteiger partial charge < -0.3 is 14.6 Å². The van der Waals surface area contributed by atoms with Crippen molar-refractivity contribution in [3.63, 3.8) is 0 Å². The first-order chi connectivity index (χ1) is 13.2. The molecule has 4 rings (SSSR count). The number of methoxy groups -OCH3 is 1. The van der Waals surface area contributed by atoms with Gasteiger partial charge in [0, 0.05) is 31.6 Å². The van der Waals surface area contributed by atoms with Crippen LogP contribution in [0.4, 0.5) is 0 Å². The first kappa shape index (κ1) is 18.2. The molecule has 2 heterocycles. The molecule has 1 amide bonds. The van der Waals surface area contributed by atoms with Crippen LogP contribution >= 0.6 is 0 Å². The Labute approximate surface area is 159 Å². The maximum absolute atomic E-state index is 12.5. The van der Waals surface area contributed by atoms with Crippen LogP contribution < -0.4 is 5.32 Å². The number of hydrogen-bond donors (Lipinski definition) is 1. The summed E-state index contributed by atoms with van der Waals surface area (Å²) in [7, 11) is 1.73. The van der Waals surface area contributed by atoms with Crippen LogP contribution in [-0.2, 0) is 16.1 Å². The largest absolute Gasteiger partial charge is 0.381 e. The molecule has 0 unspecified atom stereocenters. The van der Waals surface area contributed by atoms with Crippen LogP contribution in [-0.4, -0.2) is 40.6 Å². The predicted molar refractivity (Wildman–Crippen MR) is 100 cm³/mol. The van der Waals surface area contributed by atoms with Gasteiger partial charge in [0.15, 0.2) is 5.76 Å². The van der Waals surface area contributed by atoms with Crippen molar-refractivity contribution < 1.29 is 14.1 Å². The molecule has 7 nitrogen and oxygen atoms in total. The topological polar surface area (TPSA) is 82.2 Å². The van der Waals surface area contributed by atoms with Gasteiger partial charge in [0.2, 0.25) is 5.91 Å². The second-order valence-electron chi connectivity index (χ2n) is 7.79. The van der Waals surface area contributed by atoms with Gasteiger partial charge in [-0.2, -0.15) is 5.10 Å². The summed E-state index contributed by atoms with van der Waals surface area (Å²) in [5.74, 6) is 1.52. The molecule has 2 aromatic heterocycles. The van der Waals surface area contributed by atoms with Gasteiger partial charge in [0.05, 0.1) is 35.8 Å². The van der Waals surface area contributed by atoms with Crippen molar-refractivity contribution in [3.8, 4) is 11.3 Å². The van der Waals surface area contributed by atoms with Gasteiger partial charge in [0.25, 0.3) is 0 Å². The summed E-state index contributed by atoms with van der Waals surface area (Å²) in [5, 5.41) is 11.6. The van der Waals surface area contributed by atoms with Gasteiger partial charge in [-0.3, -0.25) is 9.48 Å². The molecule has 27 heavy (non-hydrogen) atoms. The zero-order valence-electron chi connectivity index (χ0n) is 16.1. The highest BCUT2D eigenvalue weighted by Gasteiger charge is 2.32. The molecule has 1 N–H and O–H groups in total. The third-order valence-corrected chi connectivity index (χ3v) is 5.69. The number of amides is 1. The van der Waals surface area contributed by atoms with Crippen molar-refractivity contribution in [2.75, 3.05) is 13.7 Å². The minimum atomic E-state index is 0.0666. The number of ether oxygens (including phenoxy) is 1. The maximum Gasteiger partial charge on any atom is 0.223 e. The van der Waals surface area contributed by atoms with Crippen molar-refractivity contribution in [3.05, 3.63) is 23.7 Å². The molecule has 0 saturated heterocycles. The first-order valence-electron chi connectivity index (χ1n) is 9.95. The summed E-state index contributed by atoms with van der Waals surface area (Å²) in [4.78, 5) is 12.5. The molecule has 2 aliphatic carbocycles. The fraction of sp³-hybridized carbons (Fsp3) is 0.650. The molecular weight excluding hydrogens is 344 g/mol. The minimum Gasteiger partial charge on any atom is -0.381 e. The van der Waals surface area contributed by atoms with Crippen molar-refractivity contribution >= 4 is 5.91 Å². The van der Waals surface area contributed by atoms with Crippen LogP contribution in [0.1, 0.15) is 55.8 Å². The Morgan fingerprint density at radius 3 is 2.93 bits per heavy atom.